The lowest BCUT2D eigenvalue weighted by atomic mass is 9.84. The Labute approximate surface area is 210 Å². The Balaban J connectivity index is 0.00000289. The first kappa shape index (κ1) is 25.7. The largest absolute Gasteiger partial charge is 0.364 e. The van der Waals surface area contributed by atoms with Crippen LogP contribution in [0.1, 0.15) is 44.7 Å². The lowest BCUT2D eigenvalue weighted by molar-refractivity contribution is 0.0205. The topological polar surface area (TPSA) is 63.4 Å². The molecule has 0 amide bonds. The van der Waals surface area contributed by atoms with Crippen molar-refractivity contribution in [2.24, 2.45) is 4.99 Å². The van der Waals surface area contributed by atoms with Crippen LogP contribution in [0.3, 0.4) is 0 Å². The molecule has 1 aromatic heterocycles. The van der Waals surface area contributed by atoms with E-state index in [2.05, 4.69) is 44.0 Å². The van der Waals surface area contributed by atoms with Crippen LogP contribution in [0, 0.1) is 0 Å². The van der Waals surface area contributed by atoms with E-state index in [0.717, 1.165) is 57.5 Å². The molecule has 8 nitrogen and oxygen atoms in total. The molecule has 0 atom stereocenters. The molecule has 1 aromatic rings. The minimum absolute atomic E-state index is 0. The van der Waals surface area contributed by atoms with E-state index >= 15 is 0 Å². The standard InChI is InChI=1S/C23H41N7O.HI/c1-3-24-22(29-16-14-28(15-17-29)19-21-7-18-31-26-21)25-20-23(8-12-27(2)13-9-23)30-10-5-4-6-11-30;/h7,18H,3-6,8-17,19-20H2,1-2H3,(H,24,25);1H. The molecule has 0 spiro atoms. The van der Waals surface area contributed by atoms with Gasteiger partial charge in [0.25, 0.3) is 0 Å². The first-order chi connectivity index (χ1) is 15.2. The van der Waals surface area contributed by atoms with Gasteiger partial charge in [0.1, 0.15) is 6.26 Å². The molecule has 3 saturated heterocycles. The van der Waals surface area contributed by atoms with Crippen molar-refractivity contribution in [2.45, 2.75) is 51.1 Å². The number of piperidine rings is 2. The SMILES string of the molecule is CCNC(=NCC1(N2CCCCC2)CCN(C)CC1)N1CCN(Cc2ccon2)CC1.I. The molecule has 32 heavy (non-hydrogen) atoms. The lowest BCUT2D eigenvalue weighted by Gasteiger charge is -2.49. The molecule has 0 bridgehead atoms. The third-order valence-corrected chi connectivity index (χ3v) is 7.35. The molecule has 9 heteroatoms. The number of guanidine groups is 1. The first-order valence-corrected chi connectivity index (χ1v) is 12.3. The average Bonchev–Trinajstić information content (AvgIpc) is 3.32. The number of piperazine rings is 1. The van der Waals surface area contributed by atoms with Gasteiger partial charge in [-0.15, -0.1) is 24.0 Å². The zero-order valence-corrected chi connectivity index (χ0v) is 22.3. The Kier molecular flexibility index (Phi) is 10.1. The van der Waals surface area contributed by atoms with Gasteiger partial charge in [-0.05, 0) is 65.8 Å². The molecule has 0 aliphatic carbocycles. The van der Waals surface area contributed by atoms with Crippen molar-refractivity contribution < 1.29 is 4.52 Å². The molecule has 3 aliphatic heterocycles. The van der Waals surface area contributed by atoms with E-state index < -0.39 is 0 Å². The van der Waals surface area contributed by atoms with Crippen LogP contribution in [0.15, 0.2) is 21.8 Å². The monoisotopic (exact) mass is 559 g/mol. The van der Waals surface area contributed by atoms with Crippen molar-refractivity contribution in [3.8, 4) is 0 Å². The summed E-state index contributed by atoms with van der Waals surface area (Å²) in [5.41, 5.74) is 1.25. The van der Waals surface area contributed by atoms with Gasteiger partial charge in [0, 0.05) is 50.9 Å². The van der Waals surface area contributed by atoms with Gasteiger partial charge in [-0.1, -0.05) is 11.6 Å². The highest BCUT2D eigenvalue weighted by molar-refractivity contribution is 14.0. The molecule has 3 aliphatic rings. The predicted octanol–water partition coefficient (Wildman–Crippen LogP) is 2.33. The summed E-state index contributed by atoms with van der Waals surface area (Å²) in [5.74, 6) is 1.10. The Hall–Kier alpha value is -0.910. The van der Waals surface area contributed by atoms with Crippen molar-refractivity contribution in [3.05, 3.63) is 18.0 Å². The van der Waals surface area contributed by atoms with Crippen molar-refractivity contribution in [2.75, 3.05) is 72.5 Å². The fourth-order valence-corrected chi connectivity index (χ4v) is 5.29. The summed E-state index contributed by atoms with van der Waals surface area (Å²) in [6.07, 6.45) is 8.19. The van der Waals surface area contributed by atoms with Crippen LogP contribution in [-0.4, -0.2) is 109 Å². The fourth-order valence-electron chi connectivity index (χ4n) is 5.29. The number of hydrogen-bond acceptors (Lipinski definition) is 6. The van der Waals surface area contributed by atoms with Crippen LogP contribution >= 0.6 is 24.0 Å². The molecule has 0 saturated carbocycles. The molecule has 182 valence electrons. The normalized spacial score (nSPS) is 23.7. The fraction of sp³-hybridized carbons (Fsp3) is 0.826. The van der Waals surface area contributed by atoms with Crippen LogP contribution in [0.5, 0.6) is 0 Å². The van der Waals surface area contributed by atoms with Gasteiger partial charge in [0.05, 0.1) is 12.2 Å². The number of hydrogen-bond donors (Lipinski definition) is 1. The molecule has 0 aromatic carbocycles. The number of likely N-dealkylation sites (tertiary alicyclic amines) is 2. The van der Waals surface area contributed by atoms with Crippen LogP contribution < -0.4 is 5.32 Å². The maximum atomic E-state index is 5.26. The zero-order valence-electron chi connectivity index (χ0n) is 20.0. The van der Waals surface area contributed by atoms with E-state index in [0.29, 0.717) is 0 Å². The van der Waals surface area contributed by atoms with Crippen molar-refractivity contribution in [1.29, 1.82) is 0 Å². The number of nitrogens with zero attached hydrogens (tertiary/aromatic N) is 6. The van der Waals surface area contributed by atoms with Crippen molar-refractivity contribution >= 4 is 29.9 Å². The van der Waals surface area contributed by atoms with Crippen LogP contribution in [0.25, 0.3) is 0 Å². The highest BCUT2D eigenvalue weighted by Gasteiger charge is 2.39. The quantitative estimate of drug-likeness (QED) is 0.326. The Morgan fingerprint density at radius 3 is 2.41 bits per heavy atom. The first-order valence-electron chi connectivity index (χ1n) is 12.3. The smallest absolute Gasteiger partial charge is 0.194 e. The van der Waals surface area contributed by atoms with E-state index in [4.69, 9.17) is 9.52 Å². The van der Waals surface area contributed by atoms with Crippen LogP contribution in [-0.2, 0) is 6.54 Å². The molecular weight excluding hydrogens is 517 g/mol. The predicted molar refractivity (Wildman–Crippen MR) is 140 cm³/mol. The zero-order chi connectivity index (χ0) is 21.5. The van der Waals surface area contributed by atoms with Gasteiger partial charge in [0.2, 0.25) is 0 Å². The molecule has 0 unspecified atom stereocenters. The van der Waals surface area contributed by atoms with Gasteiger partial charge in [-0.2, -0.15) is 0 Å². The summed E-state index contributed by atoms with van der Waals surface area (Å²) in [5, 5.41) is 7.64. The van der Waals surface area contributed by atoms with E-state index in [9.17, 15) is 0 Å². The molecule has 4 rings (SSSR count). The van der Waals surface area contributed by atoms with E-state index in [-0.39, 0.29) is 29.5 Å². The summed E-state index contributed by atoms with van der Waals surface area (Å²) >= 11 is 0. The number of aliphatic imine (C=N–C) groups is 1. The second-order valence-corrected chi connectivity index (χ2v) is 9.50. The van der Waals surface area contributed by atoms with Crippen molar-refractivity contribution in [1.82, 2.24) is 30.1 Å². The highest BCUT2D eigenvalue weighted by Crippen LogP contribution is 2.31. The molecule has 1 N–H and O–H groups in total. The third kappa shape index (κ3) is 6.57. The highest BCUT2D eigenvalue weighted by atomic mass is 127. The lowest BCUT2D eigenvalue weighted by Crippen LogP contribution is -2.59. The third-order valence-electron chi connectivity index (χ3n) is 7.35. The summed E-state index contributed by atoms with van der Waals surface area (Å²) < 4.78 is 4.98. The Bertz CT molecular complexity index is 677. The molecular formula is C23H42IN7O. The van der Waals surface area contributed by atoms with E-state index in [1.165, 1.54) is 58.3 Å². The molecule has 3 fully saturated rings. The van der Waals surface area contributed by atoms with E-state index in [1.54, 1.807) is 6.26 Å². The molecule has 4 heterocycles. The Morgan fingerprint density at radius 2 is 1.78 bits per heavy atom. The second-order valence-electron chi connectivity index (χ2n) is 9.50. The van der Waals surface area contributed by atoms with Gasteiger partial charge in [0.15, 0.2) is 5.96 Å². The summed E-state index contributed by atoms with van der Waals surface area (Å²) in [4.78, 5) is 15.4. The minimum Gasteiger partial charge on any atom is -0.364 e. The van der Waals surface area contributed by atoms with Gasteiger partial charge >= 0.3 is 0 Å². The number of halogens is 1. The van der Waals surface area contributed by atoms with Crippen LogP contribution in [0.2, 0.25) is 0 Å². The van der Waals surface area contributed by atoms with Gasteiger partial charge in [-0.25, -0.2) is 0 Å². The van der Waals surface area contributed by atoms with Crippen molar-refractivity contribution in [3.63, 3.8) is 0 Å². The maximum Gasteiger partial charge on any atom is 0.194 e. The van der Waals surface area contributed by atoms with E-state index in [1.807, 2.05) is 6.07 Å². The summed E-state index contributed by atoms with van der Waals surface area (Å²) in [7, 11) is 2.26. The van der Waals surface area contributed by atoms with Gasteiger partial charge < -0.3 is 19.6 Å². The minimum atomic E-state index is 0. The van der Waals surface area contributed by atoms with Crippen LogP contribution in [0.4, 0.5) is 0 Å². The summed E-state index contributed by atoms with van der Waals surface area (Å²) in [6, 6.07) is 1.96. The number of aromatic nitrogens is 1. The molecule has 0 radical (unpaired) electrons. The maximum absolute atomic E-state index is 5.26. The summed E-state index contributed by atoms with van der Waals surface area (Å²) in [6.45, 7) is 13.8. The number of nitrogens with one attached hydrogen (secondary N) is 1. The van der Waals surface area contributed by atoms with Gasteiger partial charge in [-0.3, -0.25) is 14.8 Å². The Morgan fingerprint density at radius 1 is 1.06 bits per heavy atom. The second kappa shape index (κ2) is 12.5. The number of rotatable bonds is 6. The average molecular weight is 560 g/mol.